The van der Waals surface area contributed by atoms with Crippen molar-refractivity contribution in [2.24, 2.45) is 0 Å². The average Bonchev–Trinajstić information content (AvgIpc) is 2.32. The second-order valence-electron chi connectivity index (χ2n) is 3.52. The monoisotopic (exact) mass is 267 g/mol. The highest BCUT2D eigenvalue weighted by molar-refractivity contribution is 7.78. The van der Waals surface area contributed by atoms with E-state index in [-0.39, 0.29) is 5.56 Å². The number of hydrogen-bond acceptors (Lipinski definition) is 4. The van der Waals surface area contributed by atoms with E-state index in [1.165, 1.54) is 6.07 Å². The van der Waals surface area contributed by atoms with Crippen molar-refractivity contribution in [2.45, 2.75) is 12.8 Å². The summed E-state index contributed by atoms with van der Waals surface area (Å²) in [6.45, 7) is 0. The summed E-state index contributed by atoms with van der Waals surface area (Å²) < 4.78 is 1.55. The molecule has 0 spiro atoms. The van der Waals surface area contributed by atoms with Gasteiger partial charge in [0.25, 0.3) is 5.56 Å². The number of hydrogen-bond donors (Lipinski definition) is 1. The van der Waals surface area contributed by atoms with Crippen LogP contribution in [0.2, 0.25) is 5.15 Å². The smallest absolute Gasteiger partial charge is 0.272 e. The minimum absolute atomic E-state index is 0.250. The molecule has 0 radical (unpaired) electrons. The van der Waals surface area contributed by atoms with Crippen molar-refractivity contribution in [3.8, 4) is 0 Å². The van der Waals surface area contributed by atoms with Crippen LogP contribution in [0, 0.1) is 0 Å². The molecular weight excluding hydrogens is 258 g/mol. The summed E-state index contributed by atoms with van der Waals surface area (Å²) in [7, 11) is 0. The first-order chi connectivity index (χ1) is 8.15. The van der Waals surface area contributed by atoms with E-state index in [2.05, 4.69) is 22.8 Å². The number of aromatic nitrogens is 3. The van der Waals surface area contributed by atoms with Gasteiger partial charge in [0.2, 0.25) is 0 Å². The van der Waals surface area contributed by atoms with Gasteiger partial charge in [-0.3, -0.25) is 8.77 Å². The highest BCUT2D eigenvalue weighted by Crippen LogP contribution is 2.08. The average molecular weight is 268 g/mol. The van der Waals surface area contributed by atoms with Gasteiger partial charge in [-0.05, 0) is 18.1 Å². The summed E-state index contributed by atoms with van der Waals surface area (Å²) in [5.41, 5.74) is 0.792. The van der Waals surface area contributed by atoms with E-state index in [1.54, 1.807) is 22.4 Å². The maximum Gasteiger partial charge on any atom is 0.272 e. The zero-order valence-electron chi connectivity index (χ0n) is 8.88. The van der Waals surface area contributed by atoms with Crippen molar-refractivity contribution >= 4 is 24.4 Å². The number of nitrogens with zero attached hydrogens (tertiary/aromatic N) is 3. The van der Waals surface area contributed by atoms with Gasteiger partial charge < -0.3 is 0 Å². The van der Waals surface area contributed by atoms with Gasteiger partial charge in [0.1, 0.15) is 11.0 Å². The fraction of sp³-hybridized carbons (Fsp3) is 0.182. The Morgan fingerprint density at radius 1 is 1.29 bits per heavy atom. The number of aryl methyl sites for hydroxylation is 2. The molecule has 0 bridgehead atoms. The Balaban J connectivity index is 2.09. The lowest BCUT2D eigenvalue weighted by molar-refractivity contribution is 0.826. The molecule has 2 rings (SSSR count). The van der Waals surface area contributed by atoms with Crippen LogP contribution in [-0.4, -0.2) is 13.9 Å². The van der Waals surface area contributed by atoms with E-state index in [0.29, 0.717) is 17.4 Å². The summed E-state index contributed by atoms with van der Waals surface area (Å²) in [5.74, 6) is 0.635. The van der Waals surface area contributed by atoms with Crippen LogP contribution < -0.4 is 5.56 Å². The topological polar surface area (TPSA) is 47.8 Å². The number of pyridine rings is 1. The molecule has 0 atom stereocenters. The van der Waals surface area contributed by atoms with E-state index in [9.17, 15) is 4.79 Å². The Morgan fingerprint density at radius 3 is 2.82 bits per heavy atom. The van der Waals surface area contributed by atoms with Crippen molar-refractivity contribution in [3.63, 3.8) is 0 Å². The van der Waals surface area contributed by atoms with Crippen LogP contribution in [0.4, 0.5) is 0 Å². The van der Waals surface area contributed by atoms with E-state index in [0.717, 1.165) is 12.0 Å². The summed E-state index contributed by atoms with van der Waals surface area (Å²) in [6, 6.07) is 5.02. The van der Waals surface area contributed by atoms with Gasteiger partial charge in [0.05, 0.1) is 0 Å². The molecule has 0 saturated carbocycles. The molecule has 0 saturated heterocycles. The molecule has 0 N–H and O–H groups in total. The third-order valence-electron chi connectivity index (χ3n) is 2.29. The lowest BCUT2D eigenvalue weighted by Gasteiger charge is -2.05. The normalized spacial score (nSPS) is 10.5. The van der Waals surface area contributed by atoms with Crippen LogP contribution in [0.1, 0.15) is 11.4 Å². The Labute approximate surface area is 109 Å². The first-order valence-electron chi connectivity index (χ1n) is 5.03. The molecule has 0 aromatic carbocycles. The molecule has 0 unspecified atom stereocenters. The van der Waals surface area contributed by atoms with Crippen LogP contribution in [0.15, 0.2) is 35.4 Å². The van der Waals surface area contributed by atoms with Crippen molar-refractivity contribution in [1.82, 2.24) is 13.9 Å². The maximum absolute atomic E-state index is 11.1. The van der Waals surface area contributed by atoms with Crippen LogP contribution in [-0.2, 0) is 12.8 Å². The van der Waals surface area contributed by atoms with Crippen molar-refractivity contribution in [1.29, 1.82) is 0 Å². The third kappa shape index (κ3) is 3.31. The zero-order valence-corrected chi connectivity index (χ0v) is 10.5. The third-order valence-corrected chi connectivity index (χ3v) is 2.88. The second-order valence-corrected chi connectivity index (χ2v) is 4.33. The molecule has 2 aromatic rings. The van der Waals surface area contributed by atoms with Crippen LogP contribution in [0.25, 0.3) is 0 Å². The van der Waals surface area contributed by atoms with E-state index < -0.39 is 0 Å². The molecule has 0 aliphatic carbocycles. The van der Waals surface area contributed by atoms with Crippen molar-refractivity contribution in [2.75, 3.05) is 0 Å². The molecule has 88 valence electrons. The first-order valence-corrected chi connectivity index (χ1v) is 5.81. The van der Waals surface area contributed by atoms with Crippen molar-refractivity contribution in [3.05, 3.63) is 57.5 Å². The lowest BCUT2D eigenvalue weighted by Crippen LogP contribution is -2.13. The van der Waals surface area contributed by atoms with Gasteiger partial charge in [-0.2, -0.15) is 4.98 Å². The number of halogens is 1. The van der Waals surface area contributed by atoms with Crippen molar-refractivity contribution < 1.29 is 0 Å². The predicted molar refractivity (Wildman–Crippen MR) is 69.5 cm³/mol. The molecule has 2 aromatic heterocycles. The van der Waals surface area contributed by atoms with E-state index in [1.807, 2.05) is 6.07 Å². The standard InChI is InChI=1S/C11H10ClN3OS/c12-9-3-1-8(7-13-9)2-4-10-14-11(16)5-6-15(10)17/h1,3,5-7,17H,2,4H2. The molecule has 0 aliphatic rings. The fourth-order valence-corrected chi connectivity index (χ4v) is 1.74. The molecule has 0 amide bonds. The van der Waals surface area contributed by atoms with Crippen LogP contribution in [0.3, 0.4) is 0 Å². The van der Waals surface area contributed by atoms with E-state index in [4.69, 9.17) is 11.6 Å². The zero-order chi connectivity index (χ0) is 12.3. The van der Waals surface area contributed by atoms with Gasteiger partial charge in [0.15, 0.2) is 0 Å². The summed E-state index contributed by atoms with van der Waals surface area (Å²) in [6.07, 6.45) is 4.67. The van der Waals surface area contributed by atoms with Crippen LogP contribution >= 0.6 is 24.4 Å². The van der Waals surface area contributed by atoms with Gasteiger partial charge in [-0.1, -0.05) is 30.5 Å². The van der Waals surface area contributed by atoms with Gasteiger partial charge in [-0.25, -0.2) is 4.98 Å². The SMILES string of the molecule is O=c1ccn(S)c(CCc2ccc(Cl)nc2)n1. The highest BCUT2D eigenvalue weighted by atomic mass is 35.5. The molecule has 4 nitrogen and oxygen atoms in total. The largest absolute Gasteiger partial charge is 0.282 e. The predicted octanol–water partition coefficient (Wildman–Crippen LogP) is 1.77. The maximum atomic E-state index is 11.1. The van der Waals surface area contributed by atoms with E-state index >= 15 is 0 Å². The molecule has 17 heavy (non-hydrogen) atoms. The van der Waals surface area contributed by atoms with Gasteiger partial charge >= 0.3 is 0 Å². The number of thiol groups is 1. The minimum Gasteiger partial charge on any atom is -0.282 e. The molecule has 2 heterocycles. The van der Waals surface area contributed by atoms with Crippen LogP contribution in [0.5, 0.6) is 0 Å². The fourth-order valence-electron chi connectivity index (χ4n) is 1.42. The molecule has 0 aliphatic heterocycles. The summed E-state index contributed by atoms with van der Waals surface area (Å²) in [4.78, 5) is 19.0. The second kappa shape index (κ2) is 5.33. The first kappa shape index (κ1) is 12.1. The summed E-state index contributed by atoms with van der Waals surface area (Å²) >= 11 is 9.88. The van der Waals surface area contributed by atoms with Gasteiger partial charge in [-0.15, -0.1) is 0 Å². The Hall–Kier alpha value is -1.33. The van der Waals surface area contributed by atoms with Gasteiger partial charge in [0, 0.05) is 24.9 Å². The molecule has 0 fully saturated rings. The summed E-state index contributed by atoms with van der Waals surface area (Å²) in [5, 5.41) is 0.470. The highest BCUT2D eigenvalue weighted by Gasteiger charge is 2.02. The Bertz CT molecular complexity index is 568. The Morgan fingerprint density at radius 2 is 2.12 bits per heavy atom. The quantitative estimate of drug-likeness (QED) is 0.681. The molecule has 6 heteroatoms. The molecular formula is C11H10ClN3OS. The Kier molecular flexibility index (Phi) is 3.81. The minimum atomic E-state index is -0.250. The lowest BCUT2D eigenvalue weighted by atomic mass is 10.1. The number of rotatable bonds is 3.